The highest BCUT2D eigenvalue weighted by atomic mass is 35.5. The van der Waals surface area contributed by atoms with Crippen LogP contribution in [0.15, 0.2) is 24.3 Å². The van der Waals surface area contributed by atoms with E-state index in [1.165, 1.54) is 6.92 Å². The van der Waals surface area contributed by atoms with Gasteiger partial charge in [0.15, 0.2) is 0 Å². The minimum Gasteiger partial charge on any atom is -0.493 e. The molecule has 1 aromatic rings. The highest BCUT2D eigenvalue weighted by molar-refractivity contribution is 6.30. The summed E-state index contributed by atoms with van der Waals surface area (Å²) in [5.74, 6) is 0.366. The number of halogens is 1. The number of hydrogen-bond acceptors (Lipinski definition) is 5. The van der Waals surface area contributed by atoms with E-state index in [1.54, 1.807) is 17.0 Å². The van der Waals surface area contributed by atoms with Gasteiger partial charge in [-0.15, -0.1) is 0 Å². The normalized spacial score (nSPS) is 21.8. The van der Waals surface area contributed by atoms with Gasteiger partial charge in [0.25, 0.3) is 0 Å². The first-order valence-corrected chi connectivity index (χ1v) is 11.5. The van der Waals surface area contributed by atoms with E-state index in [-0.39, 0.29) is 24.3 Å². The zero-order valence-electron chi connectivity index (χ0n) is 18.9. The predicted octanol–water partition coefficient (Wildman–Crippen LogP) is 1.63. The van der Waals surface area contributed by atoms with Crippen molar-refractivity contribution in [3.8, 4) is 5.75 Å². The van der Waals surface area contributed by atoms with Gasteiger partial charge in [0, 0.05) is 63.1 Å². The van der Waals surface area contributed by atoms with Gasteiger partial charge in [0.2, 0.25) is 17.7 Å². The number of piperazine rings is 1. The summed E-state index contributed by atoms with van der Waals surface area (Å²) in [6.45, 7) is 5.85. The SMILES string of the molecule is CC(=O)NCC(=O)N1CCC[C@](COc2cccc(Cl)c2)(CC(=O)N2CCN(C)CC2)C1. The van der Waals surface area contributed by atoms with E-state index in [4.69, 9.17) is 16.3 Å². The molecule has 0 bridgehead atoms. The third-order valence-electron chi connectivity index (χ3n) is 6.23. The lowest BCUT2D eigenvalue weighted by Crippen LogP contribution is -2.54. The monoisotopic (exact) mass is 464 g/mol. The number of nitrogens with zero attached hydrogens (tertiary/aromatic N) is 3. The van der Waals surface area contributed by atoms with E-state index in [0.717, 1.165) is 25.9 Å². The summed E-state index contributed by atoms with van der Waals surface area (Å²) in [7, 11) is 2.06. The van der Waals surface area contributed by atoms with Gasteiger partial charge >= 0.3 is 0 Å². The zero-order chi connectivity index (χ0) is 23.1. The number of benzene rings is 1. The van der Waals surface area contributed by atoms with Crippen LogP contribution in [0, 0.1) is 5.41 Å². The molecule has 8 nitrogen and oxygen atoms in total. The third-order valence-corrected chi connectivity index (χ3v) is 6.46. The van der Waals surface area contributed by atoms with Crippen LogP contribution in [0.5, 0.6) is 5.75 Å². The lowest BCUT2D eigenvalue weighted by molar-refractivity contribution is -0.142. The standard InChI is InChI=1S/C23H33ClN4O4/c1-18(29)25-15-22(31)28-8-4-7-23(16-28,17-32-20-6-3-5-19(24)13-20)14-21(30)27-11-9-26(2)10-12-27/h3,5-6,13H,4,7-12,14-17H2,1-2H3,(H,25,29)/t23-/m0/s1. The topological polar surface area (TPSA) is 82.2 Å². The van der Waals surface area contributed by atoms with Crippen molar-refractivity contribution in [3.05, 3.63) is 29.3 Å². The highest BCUT2D eigenvalue weighted by Gasteiger charge is 2.41. The number of ether oxygens (including phenoxy) is 1. The molecule has 0 aliphatic carbocycles. The molecule has 3 rings (SSSR count). The third kappa shape index (κ3) is 6.84. The van der Waals surface area contributed by atoms with Crippen molar-refractivity contribution in [3.63, 3.8) is 0 Å². The van der Waals surface area contributed by atoms with Gasteiger partial charge in [-0.3, -0.25) is 14.4 Å². The zero-order valence-corrected chi connectivity index (χ0v) is 19.7. The maximum absolute atomic E-state index is 13.2. The van der Waals surface area contributed by atoms with Crippen LogP contribution >= 0.6 is 11.6 Å². The van der Waals surface area contributed by atoms with Gasteiger partial charge < -0.3 is 24.8 Å². The number of nitrogens with one attached hydrogen (secondary N) is 1. The number of carbonyl (C=O) groups excluding carboxylic acids is 3. The Bertz CT molecular complexity index is 828. The molecule has 0 radical (unpaired) electrons. The second-order valence-corrected chi connectivity index (χ2v) is 9.37. The van der Waals surface area contributed by atoms with Crippen molar-refractivity contribution in [1.82, 2.24) is 20.0 Å². The molecule has 1 N–H and O–H groups in total. The van der Waals surface area contributed by atoms with Gasteiger partial charge in [-0.2, -0.15) is 0 Å². The van der Waals surface area contributed by atoms with E-state index in [0.29, 0.717) is 50.0 Å². The van der Waals surface area contributed by atoms with Gasteiger partial charge in [0.1, 0.15) is 5.75 Å². The van der Waals surface area contributed by atoms with Crippen LogP contribution in [0.2, 0.25) is 5.02 Å². The van der Waals surface area contributed by atoms with Crippen LogP contribution in [0.1, 0.15) is 26.2 Å². The number of rotatable bonds is 7. The van der Waals surface area contributed by atoms with Crippen molar-refractivity contribution in [2.75, 3.05) is 59.5 Å². The number of piperidine rings is 1. The van der Waals surface area contributed by atoms with Crippen LogP contribution in [-0.4, -0.2) is 91.9 Å². The Morgan fingerprint density at radius 1 is 1.09 bits per heavy atom. The summed E-state index contributed by atoms with van der Waals surface area (Å²) < 4.78 is 6.09. The fourth-order valence-corrected chi connectivity index (χ4v) is 4.51. The molecular weight excluding hydrogens is 432 g/mol. The summed E-state index contributed by atoms with van der Waals surface area (Å²) >= 11 is 6.09. The van der Waals surface area contributed by atoms with Gasteiger partial charge in [-0.1, -0.05) is 17.7 Å². The first-order valence-electron chi connectivity index (χ1n) is 11.1. The second kappa shape index (κ2) is 11.0. The van der Waals surface area contributed by atoms with Crippen LogP contribution < -0.4 is 10.1 Å². The van der Waals surface area contributed by atoms with Crippen LogP contribution in [0.25, 0.3) is 0 Å². The average Bonchev–Trinajstić information content (AvgIpc) is 2.77. The Labute approximate surface area is 194 Å². The predicted molar refractivity (Wildman–Crippen MR) is 123 cm³/mol. The molecule has 0 spiro atoms. The molecular formula is C23H33ClN4O4. The van der Waals surface area contributed by atoms with Crippen molar-refractivity contribution in [1.29, 1.82) is 0 Å². The lowest BCUT2D eigenvalue weighted by Gasteiger charge is -2.43. The van der Waals surface area contributed by atoms with E-state index in [9.17, 15) is 14.4 Å². The Balaban J connectivity index is 1.72. The Morgan fingerprint density at radius 2 is 1.84 bits per heavy atom. The molecule has 32 heavy (non-hydrogen) atoms. The minimum absolute atomic E-state index is 0.0348. The summed E-state index contributed by atoms with van der Waals surface area (Å²) in [4.78, 5) is 43.0. The van der Waals surface area contributed by atoms with Crippen LogP contribution in [-0.2, 0) is 14.4 Å². The number of likely N-dealkylation sites (N-methyl/N-ethyl adjacent to an activating group) is 1. The lowest BCUT2D eigenvalue weighted by atomic mass is 9.77. The molecule has 0 unspecified atom stereocenters. The molecule has 2 heterocycles. The first kappa shape index (κ1) is 24.3. The maximum atomic E-state index is 13.2. The van der Waals surface area contributed by atoms with Crippen molar-refractivity contribution in [2.45, 2.75) is 26.2 Å². The molecule has 0 aromatic heterocycles. The maximum Gasteiger partial charge on any atom is 0.241 e. The van der Waals surface area contributed by atoms with Crippen LogP contribution in [0.4, 0.5) is 0 Å². The summed E-state index contributed by atoms with van der Waals surface area (Å²) in [5, 5.41) is 3.16. The summed E-state index contributed by atoms with van der Waals surface area (Å²) in [6.07, 6.45) is 1.89. The molecule has 2 saturated heterocycles. The van der Waals surface area contributed by atoms with E-state index < -0.39 is 5.41 Å². The Hall–Kier alpha value is -2.32. The second-order valence-electron chi connectivity index (χ2n) is 8.94. The molecule has 2 fully saturated rings. The number of carbonyl (C=O) groups is 3. The highest BCUT2D eigenvalue weighted by Crippen LogP contribution is 2.35. The largest absolute Gasteiger partial charge is 0.493 e. The number of likely N-dealkylation sites (tertiary alicyclic amines) is 1. The molecule has 1 aromatic carbocycles. The quantitative estimate of drug-likeness (QED) is 0.663. The summed E-state index contributed by atoms with van der Waals surface area (Å²) in [6, 6.07) is 7.19. The van der Waals surface area contributed by atoms with E-state index in [1.807, 2.05) is 17.0 Å². The van der Waals surface area contributed by atoms with Gasteiger partial charge in [0.05, 0.1) is 13.2 Å². The number of amides is 3. The molecule has 9 heteroatoms. The van der Waals surface area contributed by atoms with Gasteiger partial charge in [-0.25, -0.2) is 0 Å². The average molecular weight is 465 g/mol. The van der Waals surface area contributed by atoms with E-state index >= 15 is 0 Å². The number of hydrogen-bond donors (Lipinski definition) is 1. The van der Waals surface area contributed by atoms with Crippen molar-refractivity contribution < 1.29 is 19.1 Å². The molecule has 3 amide bonds. The molecule has 2 aliphatic heterocycles. The fourth-order valence-electron chi connectivity index (χ4n) is 4.33. The fraction of sp³-hybridized carbons (Fsp3) is 0.609. The van der Waals surface area contributed by atoms with Gasteiger partial charge in [-0.05, 0) is 38.1 Å². The smallest absolute Gasteiger partial charge is 0.241 e. The first-order chi connectivity index (χ1) is 15.3. The molecule has 176 valence electrons. The Morgan fingerprint density at radius 3 is 2.53 bits per heavy atom. The minimum atomic E-state index is -0.493. The molecule has 1 atom stereocenters. The van der Waals surface area contributed by atoms with Crippen molar-refractivity contribution in [2.24, 2.45) is 5.41 Å². The Kier molecular flexibility index (Phi) is 8.37. The molecule has 0 saturated carbocycles. The van der Waals surface area contributed by atoms with E-state index in [2.05, 4.69) is 17.3 Å². The molecule has 2 aliphatic rings. The van der Waals surface area contributed by atoms with Crippen LogP contribution in [0.3, 0.4) is 0 Å². The summed E-state index contributed by atoms with van der Waals surface area (Å²) in [5.41, 5.74) is -0.493. The van der Waals surface area contributed by atoms with Crippen molar-refractivity contribution >= 4 is 29.3 Å².